The summed E-state index contributed by atoms with van der Waals surface area (Å²) in [5.74, 6) is -1.28. The summed E-state index contributed by atoms with van der Waals surface area (Å²) in [7, 11) is 0. The smallest absolute Gasteiger partial charge is 0.309 e. The molecule has 0 aliphatic carbocycles. The van der Waals surface area contributed by atoms with E-state index in [0.717, 1.165) is 17.6 Å². The fourth-order valence-corrected chi connectivity index (χ4v) is 3.67. The minimum atomic E-state index is -1.39. The third-order valence-electron chi connectivity index (χ3n) is 5.64. The molecule has 0 radical (unpaired) electrons. The molecule has 0 unspecified atom stereocenters. The summed E-state index contributed by atoms with van der Waals surface area (Å²) in [5, 5.41) is 21.1. The summed E-state index contributed by atoms with van der Waals surface area (Å²) < 4.78 is 11.1. The number of hydrogen-bond donors (Lipinski definition) is 2. The van der Waals surface area contributed by atoms with E-state index < -0.39 is 35.9 Å². The minimum absolute atomic E-state index is 0.155. The van der Waals surface area contributed by atoms with Gasteiger partial charge in [0.2, 0.25) is 0 Å². The normalized spacial score (nSPS) is 30.7. The average molecular weight is 458 g/mol. The number of pyridine rings is 1. The highest BCUT2D eigenvalue weighted by Crippen LogP contribution is 2.26. The summed E-state index contributed by atoms with van der Waals surface area (Å²) in [4.78, 5) is 28.1. The molecular weight excluding hydrogens is 422 g/mol. The summed E-state index contributed by atoms with van der Waals surface area (Å²) in [6.45, 7) is 6.60. The van der Waals surface area contributed by atoms with Crippen LogP contribution in [0, 0.1) is 5.92 Å². The van der Waals surface area contributed by atoms with E-state index in [0.29, 0.717) is 0 Å². The Balaban J connectivity index is 2.25. The van der Waals surface area contributed by atoms with Crippen molar-refractivity contribution in [3.63, 3.8) is 0 Å². The number of esters is 2. The lowest BCUT2D eigenvalue weighted by Gasteiger charge is -2.32. The van der Waals surface area contributed by atoms with Crippen LogP contribution in [0.25, 0.3) is 0 Å². The number of carbonyl (C=O) groups is 2. The van der Waals surface area contributed by atoms with Crippen LogP contribution in [-0.4, -0.2) is 51.0 Å². The van der Waals surface area contributed by atoms with Gasteiger partial charge in [-0.2, -0.15) is 0 Å². The molecule has 0 spiro atoms. The minimum Gasteiger partial charge on any atom is -0.457 e. The van der Waals surface area contributed by atoms with Crippen molar-refractivity contribution in [1.82, 2.24) is 4.98 Å². The predicted molar refractivity (Wildman–Crippen MR) is 125 cm³/mol. The van der Waals surface area contributed by atoms with Gasteiger partial charge in [0.1, 0.15) is 17.8 Å². The highest BCUT2D eigenvalue weighted by atomic mass is 16.6. The number of rotatable bonds is 5. The van der Waals surface area contributed by atoms with Crippen molar-refractivity contribution in [3.05, 3.63) is 66.0 Å². The van der Waals surface area contributed by atoms with Crippen molar-refractivity contribution in [2.75, 3.05) is 0 Å². The molecule has 2 heterocycles. The Morgan fingerprint density at radius 3 is 2.79 bits per heavy atom. The Labute approximate surface area is 195 Å². The van der Waals surface area contributed by atoms with E-state index in [4.69, 9.17) is 9.47 Å². The molecule has 1 aromatic rings. The summed E-state index contributed by atoms with van der Waals surface area (Å²) in [5.41, 5.74) is 0.526. The number of cyclic esters (lactones) is 1. The maximum absolute atomic E-state index is 12.5. The standard InChI is InChI=1S/C26H35NO6/c1-18(8-5-6-9-21-10-7-15-27-17-21)25-19(2)11-12-23(32-20(3)28)26(4,31)14-13-22(29)16-24(30)33-25/h5-8,10-12,15,17,19,22-23,25,29,31H,9,13-14,16H2,1-4H3/b6-5+,12-11+,18-8+/t19-,22+,23+,25+,26+/m0/s1. The number of aliphatic hydroxyl groups is 2. The van der Waals surface area contributed by atoms with E-state index in [2.05, 4.69) is 4.98 Å². The summed E-state index contributed by atoms with van der Waals surface area (Å²) in [6, 6.07) is 3.88. The third kappa shape index (κ3) is 8.94. The number of carbonyl (C=O) groups excluding carboxylic acids is 2. The van der Waals surface area contributed by atoms with Gasteiger partial charge in [-0.25, -0.2) is 0 Å². The second-order valence-corrected chi connectivity index (χ2v) is 8.84. The number of aliphatic hydroxyl groups excluding tert-OH is 1. The van der Waals surface area contributed by atoms with Crippen molar-refractivity contribution >= 4 is 11.9 Å². The molecule has 0 aromatic carbocycles. The van der Waals surface area contributed by atoms with Gasteiger partial charge in [0.05, 0.1) is 12.5 Å². The molecule has 0 bridgehead atoms. The zero-order valence-electron chi connectivity index (χ0n) is 19.8. The lowest BCUT2D eigenvalue weighted by Crippen LogP contribution is -2.42. The zero-order chi connectivity index (χ0) is 24.4. The topological polar surface area (TPSA) is 106 Å². The van der Waals surface area contributed by atoms with E-state index in [1.54, 1.807) is 25.3 Å². The van der Waals surface area contributed by atoms with Gasteiger partial charge < -0.3 is 19.7 Å². The first-order chi connectivity index (χ1) is 15.6. The number of nitrogens with zero attached hydrogens (tertiary/aromatic N) is 1. The maximum atomic E-state index is 12.5. The molecule has 2 N–H and O–H groups in total. The molecule has 2 rings (SSSR count). The first kappa shape index (κ1) is 26.5. The molecule has 0 saturated carbocycles. The molecule has 7 heteroatoms. The lowest BCUT2D eigenvalue weighted by molar-refractivity contribution is -0.157. The van der Waals surface area contributed by atoms with Crippen molar-refractivity contribution in [1.29, 1.82) is 0 Å². The quantitative estimate of drug-likeness (QED) is 0.396. The fourth-order valence-electron chi connectivity index (χ4n) is 3.67. The van der Waals surface area contributed by atoms with Gasteiger partial charge in [-0.1, -0.05) is 37.3 Å². The van der Waals surface area contributed by atoms with Gasteiger partial charge >= 0.3 is 11.9 Å². The van der Waals surface area contributed by atoms with Crippen molar-refractivity contribution in [2.24, 2.45) is 5.92 Å². The van der Waals surface area contributed by atoms with Crippen LogP contribution in [0.2, 0.25) is 0 Å². The van der Waals surface area contributed by atoms with Crippen LogP contribution in [-0.2, 0) is 25.5 Å². The van der Waals surface area contributed by atoms with Crippen LogP contribution in [0.15, 0.2) is 60.5 Å². The molecule has 1 aliphatic rings. The highest BCUT2D eigenvalue weighted by molar-refractivity contribution is 5.70. The zero-order valence-corrected chi connectivity index (χ0v) is 19.8. The largest absolute Gasteiger partial charge is 0.457 e. The molecule has 7 nitrogen and oxygen atoms in total. The molecule has 33 heavy (non-hydrogen) atoms. The molecular formula is C26H35NO6. The Morgan fingerprint density at radius 2 is 2.12 bits per heavy atom. The first-order valence-electron chi connectivity index (χ1n) is 11.3. The number of ether oxygens (including phenoxy) is 2. The maximum Gasteiger partial charge on any atom is 0.309 e. The Kier molecular flexibility index (Phi) is 10.0. The Bertz CT molecular complexity index is 874. The van der Waals surface area contributed by atoms with Gasteiger partial charge in [-0.05, 0) is 56.4 Å². The molecule has 0 fully saturated rings. The van der Waals surface area contributed by atoms with Gasteiger partial charge in [-0.3, -0.25) is 14.6 Å². The van der Waals surface area contributed by atoms with Crippen molar-refractivity contribution < 1.29 is 29.3 Å². The van der Waals surface area contributed by atoms with Crippen LogP contribution in [0.4, 0.5) is 0 Å². The van der Waals surface area contributed by atoms with E-state index in [1.807, 2.05) is 50.4 Å². The average Bonchev–Trinajstić information content (AvgIpc) is 2.76. The second-order valence-electron chi connectivity index (χ2n) is 8.84. The second kappa shape index (κ2) is 12.5. The summed E-state index contributed by atoms with van der Waals surface area (Å²) in [6.07, 6.45) is 11.2. The molecule has 1 aromatic heterocycles. The van der Waals surface area contributed by atoms with E-state index in [9.17, 15) is 19.8 Å². The highest BCUT2D eigenvalue weighted by Gasteiger charge is 2.34. The Morgan fingerprint density at radius 1 is 1.36 bits per heavy atom. The SMILES string of the molecule is CC(=O)O[C@@H]1/C=C/[C@H](C)[C@@H](/C(C)=C/C=C/Cc2cccnc2)OC(=O)C[C@H](O)CC[C@@]1(C)O. The van der Waals surface area contributed by atoms with Gasteiger partial charge in [-0.15, -0.1) is 0 Å². The van der Waals surface area contributed by atoms with Crippen LogP contribution in [0.1, 0.15) is 52.5 Å². The Hall–Kier alpha value is -2.77. The van der Waals surface area contributed by atoms with Gasteiger partial charge in [0, 0.05) is 25.2 Å². The summed E-state index contributed by atoms with van der Waals surface area (Å²) >= 11 is 0. The van der Waals surface area contributed by atoms with Gasteiger partial charge in [0.25, 0.3) is 0 Å². The fraction of sp³-hybridized carbons (Fsp3) is 0.500. The number of aromatic nitrogens is 1. The van der Waals surface area contributed by atoms with Crippen molar-refractivity contribution in [2.45, 2.75) is 77.3 Å². The third-order valence-corrected chi connectivity index (χ3v) is 5.64. The molecule has 0 saturated heterocycles. The monoisotopic (exact) mass is 457 g/mol. The van der Waals surface area contributed by atoms with Crippen LogP contribution in [0.3, 0.4) is 0 Å². The van der Waals surface area contributed by atoms with Crippen LogP contribution >= 0.6 is 0 Å². The molecule has 0 amide bonds. The van der Waals surface area contributed by atoms with E-state index in [1.165, 1.54) is 6.92 Å². The number of allylic oxidation sites excluding steroid dienone is 3. The van der Waals surface area contributed by atoms with Gasteiger partial charge in [0.15, 0.2) is 0 Å². The van der Waals surface area contributed by atoms with Crippen LogP contribution < -0.4 is 0 Å². The number of hydrogen-bond acceptors (Lipinski definition) is 7. The predicted octanol–water partition coefficient (Wildman–Crippen LogP) is 3.46. The van der Waals surface area contributed by atoms with Crippen LogP contribution in [0.5, 0.6) is 0 Å². The molecule has 5 atom stereocenters. The molecule has 1 aliphatic heterocycles. The van der Waals surface area contributed by atoms with E-state index in [-0.39, 0.29) is 25.2 Å². The lowest BCUT2D eigenvalue weighted by atomic mass is 9.88. The first-order valence-corrected chi connectivity index (χ1v) is 11.3. The van der Waals surface area contributed by atoms with Crippen molar-refractivity contribution in [3.8, 4) is 0 Å². The molecule has 180 valence electrons. The van der Waals surface area contributed by atoms with E-state index >= 15 is 0 Å².